The van der Waals surface area contributed by atoms with Crippen LogP contribution in [0.4, 0.5) is 5.69 Å². The van der Waals surface area contributed by atoms with Crippen LogP contribution in [0.1, 0.15) is 12.5 Å². The Morgan fingerprint density at radius 3 is 2.94 bits per heavy atom. The zero-order valence-corrected chi connectivity index (χ0v) is 10.6. The lowest BCUT2D eigenvalue weighted by Crippen LogP contribution is -2.17. The Balaban J connectivity index is 2.44. The number of rotatable bonds is 6. The number of ether oxygens (including phenoxy) is 1. The normalized spacial score (nSPS) is 12.7. The first-order valence-corrected chi connectivity index (χ1v) is 6.36. The lowest BCUT2D eigenvalue weighted by Gasteiger charge is -2.11. The van der Waals surface area contributed by atoms with Gasteiger partial charge in [-0.2, -0.15) is 0 Å². The van der Waals surface area contributed by atoms with Gasteiger partial charge in [-0.1, -0.05) is 6.07 Å². The molecule has 0 amide bonds. The Morgan fingerprint density at radius 2 is 2.25 bits per heavy atom. The quantitative estimate of drug-likeness (QED) is 0.591. The van der Waals surface area contributed by atoms with Gasteiger partial charge in [0.05, 0.1) is 12.7 Å². The van der Waals surface area contributed by atoms with Crippen molar-refractivity contribution in [2.24, 2.45) is 0 Å². The SMILES string of the molecule is CCOCC(O)CSc1cc(C)ccc1N. The number of nitrogen functional groups attached to an aromatic ring is 1. The number of nitrogens with two attached hydrogens (primary N) is 1. The molecule has 90 valence electrons. The molecular formula is C12H19NO2S. The van der Waals surface area contributed by atoms with E-state index < -0.39 is 6.10 Å². The van der Waals surface area contributed by atoms with Crippen LogP contribution in [0, 0.1) is 6.92 Å². The highest BCUT2D eigenvalue weighted by molar-refractivity contribution is 7.99. The minimum atomic E-state index is -0.440. The highest BCUT2D eigenvalue weighted by Crippen LogP contribution is 2.26. The lowest BCUT2D eigenvalue weighted by molar-refractivity contribution is 0.0551. The Labute approximate surface area is 101 Å². The van der Waals surface area contributed by atoms with Gasteiger partial charge in [-0.15, -0.1) is 11.8 Å². The van der Waals surface area contributed by atoms with Crippen LogP contribution >= 0.6 is 11.8 Å². The zero-order valence-electron chi connectivity index (χ0n) is 9.77. The van der Waals surface area contributed by atoms with Crippen LogP contribution in [0.25, 0.3) is 0 Å². The molecule has 0 saturated heterocycles. The van der Waals surface area contributed by atoms with Gasteiger partial charge < -0.3 is 15.6 Å². The van der Waals surface area contributed by atoms with Crippen molar-refractivity contribution in [3.05, 3.63) is 23.8 Å². The predicted molar refractivity (Wildman–Crippen MR) is 68.8 cm³/mol. The topological polar surface area (TPSA) is 55.5 Å². The Kier molecular flexibility index (Phi) is 5.66. The van der Waals surface area contributed by atoms with Crippen LogP contribution in [-0.2, 0) is 4.74 Å². The Morgan fingerprint density at radius 1 is 1.50 bits per heavy atom. The van der Waals surface area contributed by atoms with Gasteiger partial charge in [0.1, 0.15) is 0 Å². The van der Waals surface area contributed by atoms with Crippen molar-refractivity contribution < 1.29 is 9.84 Å². The van der Waals surface area contributed by atoms with Crippen LogP contribution < -0.4 is 5.73 Å². The van der Waals surface area contributed by atoms with E-state index >= 15 is 0 Å². The van der Waals surface area contributed by atoms with E-state index in [0.717, 1.165) is 10.6 Å². The van der Waals surface area contributed by atoms with E-state index in [-0.39, 0.29) is 0 Å². The number of hydrogen-bond donors (Lipinski definition) is 2. The van der Waals surface area contributed by atoms with Gasteiger partial charge in [-0.05, 0) is 31.5 Å². The average molecular weight is 241 g/mol. The molecular weight excluding hydrogens is 222 g/mol. The summed E-state index contributed by atoms with van der Waals surface area (Å²) in [5.41, 5.74) is 7.78. The minimum absolute atomic E-state index is 0.384. The Bertz CT molecular complexity index is 331. The van der Waals surface area contributed by atoms with Crippen LogP contribution in [0.5, 0.6) is 0 Å². The van der Waals surface area contributed by atoms with E-state index in [1.165, 1.54) is 5.56 Å². The fraction of sp³-hybridized carbons (Fsp3) is 0.500. The standard InChI is InChI=1S/C12H19NO2S/c1-3-15-7-10(14)8-16-12-6-9(2)4-5-11(12)13/h4-6,10,14H,3,7-8,13H2,1-2H3. The average Bonchev–Trinajstić information content (AvgIpc) is 2.27. The molecule has 0 aromatic heterocycles. The highest BCUT2D eigenvalue weighted by Gasteiger charge is 2.07. The molecule has 0 aliphatic carbocycles. The monoisotopic (exact) mass is 241 g/mol. The summed E-state index contributed by atoms with van der Waals surface area (Å²) in [4.78, 5) is 1.02. The molecule has 3 N–H and O–H groups in total. The summed E-state index contributed by atoms with van der Waals surface area (Å²) >= 11 is 1.56. The molecule has 1 aromatic carbocycles. The highest BCUT2D eigenvalue weighted by atomic mass is 32.2. The van der Waals surface area contributed by atoms with E-state index in [4.69, 9.17) is 10.5 Å². The van der Waals surface area contributed by atoms with E-state index in [9.17, 15) is 5.11 Å². The van der Waals surface area contributed by atoms with Gasteiger partial charge in [0.15, 0.2) is 0 Å². The maximum atomic E-state index is 9.62. The van der Waals surface area contributed by atoms with Crippen molar-refractivity contribution in [3.63, 3.8) is 0 Å². The van der Waals surface area contributed by atoms with E-state index in [0.29, 0.717) is 19.0 Å². The fourth-order valence-corrected chi connectivity index (χ4v) is 2.23. The molecule has 1 atom stereocenters. The summed E-state index contributed by atoms with van der Waals surface area (Å²) in [5, 5.41) is 9.62. The van der Waals surface area contributed by atoms with Gasteiger partial charge >= 0.3 is 0 Å². The third-order valence-electron chi connectivity index (χ3n) is 2.11. The summed E-state index contributed by atoms with van der Waals surface area (Å²) in [7, 11) is 0. The summed E-state index contributed by atoms with van der Waals surface area (Å²) in [5.74, 6) is 0.605. The number of anilines is 1. The molecule has 0 bridgehead atoms. The number of aryl methyl sites for hydroxylation is 1. The molecule has 1 rings (SSSR count). The first-order valence-electron chi connectivity index (χ1n) is 5.38. The van der Waals surface area contributed by atoms with Crippen LogP contribution in [-0.4, -0.2) is 30.2 Å². The lowest BCUT2D eigenvalue weighted by atomic mass is 10.2. The van der Waals surface area contributed by atoms with E-state index in [2.05, 4.69) is 0 Å². The zero-order chi connectivity index (χ0) is 12.0. The number of hydrogen-bond acceptors (Lipinski definition) is 4. The van der Waals surface area contributed by atoms with Gasteiger partial charge in [0, 0.05) is 22.9 Å². The summed E-state index contributed by atoms with van der Waals surface area (Å²) in [6.45, 7) is 4.96. The molecule has 0 saturated carbocycles. The number of benzene rings is 1. The second-order valence-electron chi connectivity index (χ2n) is 3.67. The molecule has 0 spiro atoms. The molecule has 1 unspecified atom stereocenters. The fourth-order valence-electron chi connectivity index (χ4n) is 1.25. The first kappa shape index (κ1) is 13.4. The summed E-state index contributed by atoms with van der Waals surface area (Å²) in [6.07, 6.45) is -0.440. The molecule has 1 aromatic rings. The maximum absolute atomic E-state index is 9.62. The maximum Gasteiger partial charge on any atom is 0.0867 e. The largest absolute Gasteiger partial charge is 0.398 e. The van der Waals surface area contributed by atoms with Crippen molar-refractivity contribution in [3.8, 4) is 0 Å². The molecule has 0 radical (unpaired) electrons. The van der Waals surface area contributed by atoms with Crippen LogP contribution in [0.2, 0.25) is 0 Å². The number of aliphatic hydroxyl groups is 1. The van der Waals surface area contributed by atoms with Gasteiger partial charge in [0.25, 0.3) is 0 Å². The van der Waals surface area contributed by atoms with Crippen molar-refractivity contribution in [2.45, 2.75) is 24.8 Å². The van der Waals surface area contributed by atoms with Gasteiger partial charge in [0.2, 0.25) is 0 Å². The third-order valence-corrected chi connectivity index (χ3v) is 3.33. The van der Waals surface area contributed by atoms with Crippen LogP contribution in [0.15, 0.2) is 23.1 Å². The first-order chi connectivity index (χ1) is 7.63. The second-order valence-corrected chi connectivity index (χ2v) is 4.73. The Hall–Kier alpha value is -0.710. The minimum Gasteiger partial charge on any atom is -0.398 e. The molecule has 0 heterocycles. The smallest absolute Gasteiger partial charge is 0.0867 e. The molecule has 0 fully saturated rings. The summed E-state index contributed by atoms with van der Waals surface area (Å²) in [6, 6.07) is 5.91. The van der Waals surface area contributed by atoms with E-state index in [1.807, 2.05) is 32.0 Å². The number of thioether (sulfide) groups is 1. The second kappa shape index (κ2) is 6.78. The van der Waals surface area contributed by atoms with Crippen LogP contribution in [0.3, 0.4) is 0 Å². The van der Waals surface area contributed by atoms with Crippen molar-refractivity contribution >= 4 is 17.4 Å². The summed E-state index contributed by atoms with van der Waals surface area (Å²) < 4.78 is 5.14. The molecule has 4 heteroatoms. The number of aliphatic hydroxyl groups excluding tert-OH is 1. The third kappa shape index (κ3) is 4.43. The molecule has 3 nitrogen and oxygen atoms in total. The molecule has 0 aliphatic rings. The van der Waals surface area contributed by atoms with Gasteiger partial charge in [-0.3, -0.25) is 0 Å². The van der Waals surface area contributed by atoms with E-state index in [1.54, 1.807) is 11.8 Å². The van der Waals surface area contributed by atoms with Crippen molar-refractivity contribution in [1.82, 2.24) is 0 Å². The molecule has 16 heavy (non-hydrogen) atoms. The predicted octanol–water partition coefficient (Wildman–Crippen LogP) is 2.07. The van der Waals surface area contributed by atoms with Crippen molar-refractivity contribution in [2.75, 3.05) is 24.7 Å². The molecule has 0 aliphatic heterocycles. The van der Waals surface area contributed by atoms with Crippen molar-refractivity contribution in [1.29, 1.82) is 0 Å². The van der Waals surface area contributed by atoms with Gasteiger partial charge in [-0.25, -0.2) is 0 Å².